The fourth-order valence-corrected chi connectivity index (χ4v) is 1.86. The van der Waals surface area contributed by atoms with Crippen molar-refractivity contribution in [2.75, 3.05) is 0 Å². The number of rotatable bonds is 2. The molecule has 0 spiro atoms. The molecule has 0 saturated heterocycles. The molecule has 0 unspecified atom stereocenters. The Morgan fingerprint density at radius 1 is 1.13 bits per heavy atom. The Morgan fingerprint density at radius 2 is 2.00 bits per heavy atom. The van der Waals surface area contributed by atoms with Gasteiger partial charge < -0.3 is 0 Å². The normalized spacial score (nSPS) is 10.3. The summed E-state index contributed by atoms with van der Waals surface area (Å²) in [7, 11) is 0. The molecule has 1 aromatic heterocycles. The monoisotopic (exact) mass is 237 g/mol. The van der Waals surface area contributed by atoms with Crippen molar-refractivity contribution < 1.29 is 0 Å². The Hall–Kier alpha value is -1.05. The Kier molecular flexibility index (Phi) is 3.24. The second kappa shape index (κ2) is 4.65. The third kappa shape index (κ3) is 2.31. The lowest BCUT2D eigenvalue weighted by molar-refractivity contribution is 1.32. The molecule has 76 valence electrons. The minimum absolute atomic E-state index is 0.424. The molecule has 0 saturated carbocycles. The van der Waals surface area contributed by atoms with E-state index in [4.69, 9.17) is 23.2 Å². The predicted molar refractivity (Wildman–Crippen MR) is 64.2 cm³/mol. The van der Waals surface area contributed by atoms with E-state index in [1.807, 2.05) is 36.5 Å². The number of pyridine rings is 1. The molecule has 0 fully saturated rings. The average molecular weight is 238 g/mol. The van der Waals surface area contributed by atoms with E-state index >= 15 is 0 Å². The van der Waals surface area contributed by atoms with Crippen LogP contribution >= 0.6 is 23.2 Å². The maximum Gasteiger partial charge on any atom is 0.0489 e. The van der Waals surface area contributed by atoms with Crippen LogP contribution in [0.2, 0.25) is 5.02 Å². The van der Waals surface area contributed by atoms with E-state index < -0.39 is 0 Å². The summed E-state index contributed by atoms with van der Waals surface area (Å²) in [5, 5.41) is 0.706. The van der Waals surface area contributed by atoms with Gasteiger partial charge in [-0.1, -0.05) is 23.7 Å². The lowest BCUT2D eigenvalue weighted by atomic mass is 10.1. The Balaban J connectivity index is 2.46. The average Bonchev–Trinajstić information content (AvgIpc) is 2.31. The van der Waals surface area contributed by atoms with E-state index in [0.29, 0.717) is 10.9 Å². The number of aromatic nitrogens is 1. The van der Waals surface area contributed by atoms with Gasteiger partial charge in [0.2, 0.25) is 0 Å². The van der Waals surface area contributed by atoms with Crippen LogP contribution in [0.5, 0.6) is 0 Å². The zero-order valence-electron chi connectivity index (χ0n) is 7.95. The second-order valence-corrected chi connectivity index (χ2v) is 3.86. The van der Waals surface area contributed by atoms with Crippen molar-refractivity contribution in [1.82, 2.24) is 4.98 Å². The molecule has 0 aliphatic carbocycles. The molecule has 3 heteroatoms. The predicted octanol–water partition coefficient (Wildman–Crippen LogP) is 4.14. The molecule has 15 heavy (non-hydrogen) atoms. The van der Waals surface area contributed by atoms with Gasteiger partial charge in [-0.15, -0.1) is 11.6 Å². The summed E-state index contributed by atoms with van der Waals surface area (Å²) in [6.45, 7) is 0. The summed E-state index contributed by atoms with van der Waals surface area (Å²) in [5.74, 6) is 0.424. The maximum absolute atomic E-state index is 5.98. The molecule has 0 radical (unpaired) electrons. The van der Waals surface area contributed by atoms with Gasteiger partial charge >= 0.3 is 0 Å². The van der Waals surface area contributed by atoms with Gasteiger partial charge in [0.25, 0.3) is 0 Å². The van der Waals surface area contributed by atoms with E-state index in [-0.39, 0.29) is 0 Å². The van der Waals surface area contributed by atoms with Crippen molar-refractivity contribution in [3.63, 3.8) is 0 Å². The number of hydrogen-bond donors (Lipinski definition) is 0. The van der Waals surface area contributed by atoms with Gasteiger partial charge in [0.15, 0.2) is 0 Å². The number of hydrogen-bond acceptors (Lipinski definition) is 1. The third-order valence-electron chi connectivity index (χ3n) is 2.18. The maximum atomic E-state index is 5.98. The SMILES string of the molecule is ClCc1cc(-c2cccnc2)ccc1Cl. The van der Waals surface area contributed by atoms with Crippen LogP contribution in [0, 0.1) is 0 Å². The summed E-state index contributed by atoms with van der Waals surface area (Å²) < 4.78 is 0. The molecule has 2 rings (SSSR count). The zero-order chi connectivity index (χ0) is 10.7. The first-order valence-corrected chi connectivity index (χ1v) is 5.47. The summed E-state index contributed by atoms with van der Waals surface area (Å²) in [4.78, 5) is 4.07. The number of benzene rings is 1. The van der Waals surface area contributed by atoms with Gasteiger partial charge in [-0.3, -0.25) is 4.98 Å². The summed E-state index contributed by atoms with van der Waals surface area (Å²) in [6, 6.07) is 9.74. The topological polar surface area (TPSA) is 12.9 Å². The molecule has 0 atom stereocenters. The van der Waals surface area contributed by atoms with Crippen molar-refractivity contribution in [2.45, 2.75) is 5.88 Å². The summed E-state index contributed by atoms with van der Waals surface area (Å²) in [6.07, 6.45) is 3.57. The van der Waals surface area contributed by atoms with Gasteiger partial charge in [0.05, 0.1) is 0 Å². The summed E-state index contributed by atoms with van der Waals surface area (Å²) in [5.41, 5.74) is 3.10. The quantitative estimate of drug-likeness (QED) is 0.716. The highest BCUT2D eigenvalue weighted by Gasteiger charge is 2.02. The van der Waals surface area contributed by atoms with Crippen LogP contribution in [0.4, 0.5) is 0 Å². The second-order valence-electron chi connectivity index (χ2n) is 3.18. The smallest absolute Gasteiger partial charge is 0.0489 e. The van der Waals surface area contributed by atoms with Crippen LogP contribution in [0.15, 0.2) is 42.7 Å². The van der Waals surface area contributed by atoms with Gasteiger partial charge in [-0.2, -0.15) is 0 Å². The molecule has 2 aromatic rings. The van der Waals surface area contributed by atoms with E-state index in [0.717, 1.165) is 16.7 Å². The lowest BCUT2D eigenvalue weighted by Gasteiger charge is -2.04. The van der Waals surface area contributed by atoms with E-state index in [1.54, 1.807) is 6.20 Å². The van der Waals surface area contributed by atoms with Crippen molar-refractivity contribution in [3.05, 3.63) is 53.3 Å². The standard InChI is InChI=1S/C12H9Cl2N/c13-7-11-6-9(3-4-12(11)14)10-2-1-5-15-8-10/h1-6,8H,7H2. The van der Waals surface area contributed by atoms with Gasteiger partial charge in [-0.25, -0.2) is 0 Å². The Bertz CT molecular complexity index is 454. The van der Waals surface area contributed by atoms with Gasteiger partial charge in [0, 0.05) is 23.3 Å². The highest BCUT2D eigenvalue weighted by molar-refractivity contribution is 6.32. The first kappa shape index (κ1) is 10.5. The minimum Gasteiger partial charge on any atom is -0.264 e. The van der Waals surface area contributed by atoms with Gasteiger partial charge in [-0.05, 0) is 34.9 Å². The van der Waals surface area contributed by atoms with Crippen LogP contribution in [-0.4, -0.2) is 4.98 Å². The van der Waals surface area contributed by atoms with Crippen LogP contribution in [0.25, 0.3) is 11.1 Å². The van der Waals surface area contributed by atoms with Crippen molar-refractivity contribution in [1.29, 1.82) is 0 Å². The molecule has 1 nitrogen and oxygen atoms in total. The first-order chi connectivity index (χ1) is 7.31. The lowest BCUT2D eigenvalue weighted by Crippen LogP contribution is -1.84. The molecule has 0 aliphatic heterocycles. The summed E-state index contributed by atoms with van der Waals surface area (Å²) >= 11 is 11.8. The van der Waals surface area contributed by atoms with Crippen LogP contribution in [0.3, 0.4) is 0 Å². The number of alkyl halides is 1. The third-order valence-corrected chi connectivity index (χ3v) is 2.84. The van der Waals surface area contributed by atoms with E-state index in [2.05, 4.69) is 4.98 Å². The molecular weight excluding hydrogens is 229 g/mol. The van der Waals surface area contributed by atoms with Crippen LogP contribution in [-0.2, 0) is 5.88 Å². The fourth-order valence-electron chi connectivity index (χ4n) is 1.39. The molecular formula is C12H9Cl2N. The molecule has 0 bridgehead atoms. The Morgan fingerprint density at radius 3 is 2.67 bits per heavy atom. The highest BCUT2D eigenvalue weighted by Crippen LogP contribution is 2.25. The molecule has 0 amide bonds. The minimum atomic E-state index is 0.424. The van der Waals surface area contributed by atoms with E-state index in [9.17, 15) is 0 Å². The molecule has 0 N–H and O–H groups in total. The van der Waals surface area contributed by atoms with Crippen molar-refractivity contribution in [2.24, 2.45) is 0 Å². The van der Waals surface area contributed by atoms with E-state index in [1.165, 1.54) is 0 Å². The van der Waals surface area contributed by atoms with Crippen molar-refractivity contribution in [3.8, 4) is 11.1 Å². The first-order valence-electron chi connectivity index (χ1n) is 4.56. The van der Waals surface area contributed by atoms with Crippen molar-refractivity contribution >= 4 is 23.2 Å². The number of halogens is 2. The largest absolute Gasteiger partial charge is 0.264 e. The zero-order valence-corrected chi connectivity index (χ0v) is 9.46. The molecule has 0 aliphatic rings. The highest BCUT2D eigenvalue weighted by atomic mass is 35.5. The molecule has 1 aromatic carbocycles. The number of nitrogens with zero attached hydrogens (tertiary/aromatic N) is 1. The fraction of sp³-hybridized carbons (Fsp3) is 0.0833. The Labute approximate surface area is 98.7 Å². The molecule has 1 heterocycles. The van der Waals surface area contributed by atoms with Crippen LogP contribution in [0.1, 0.15) is 5.56 Å². The van der Waals surface area contributed by atoms with Gasteiger partial charge in [0.1, 0.15) is 0 Å². The van der Waals surface area contributed by atoms with Crippen LogP contribution < -0.4 is 0 Å².